The molecule has 1 saturated heterocycles. The molecule has 1 unspecified atom stereocenters. The number of non-ortho nitro benzene ring substituents is 1. The van der Waals surface area contributed by atoms with Crippen LogP contribution < -0.4 is 5.73 Å². The summed E-state index contributed by atoms with van der Waals surface area (Å²) in [5.74, 6) is -0.151. The van der Waals surface area contributed by atoms with Crippen molar-refractivity contribution in [1.29, 1.82) is 0 Å². The van der Waals surface area contributed by atoms with E-state index in [4.69, 9.17) is 5.73 Å². The lowest BCUT2D eigenvalue weighted by molar-refractivity contribution is -0.384. The van der Waals surface area contributed by atoms with E-state index in [1.54, 1.807) is 0 Å². The Balaban J connectivity index is 0.00000242. The average molecular weight is 350 g/mol. The SMILES string of the molecule is Cl.NCC1CCCCN1S(=O)(=O)Cc1ccc([N+](=O)[O-])cc1. The van der Waals surface area contributed by atoms with Crippen LogP contribution in [0.5, 0.6) is 0 Å². The molecule has 0 saturated carbocycles. The molecule has 1 aromatic rings. The van der Waals surface area contributed by atoms with Gasteiger partial charge in [0.15, 0.2) is 0 Å². The monoisotopic (exact) mass is 349 g/mol. The predicted octanol–water partition coefficient (Wildman–Crippen LogP) is 1.66. The highest BCUT2D eigenvalue weighted by Gasteiger charge is 2.31. The molecule has 9 heteroatoms. The highest BCUT2D eigenvalue weighted by atomic mass is 35.5. The Kier molecular flexibility index (Phi) is 6.73. The van der Waals surface area contributed by atoms with Crippen molar-refractivity contribution in [3.05, 3.63) is 39.9 Å². The van der Waals surface area contributed by atoms with Gasteiger partial charge < -0.3 is 5.73 Å². The average Bonchev–Trinajstić information content (AvgIpc) is 2.47. The van der Waals surface area contributed by atoms with Crippen molar-refractivity contribution in [3.8, 4) is 0 Å². The lowest BCUT2D eigenvalue weighted by atomic mass is 10.1. The van der Waals surface area contributed by atoms with Gasteiger partial charge in [-0.25, -0.2) is 8.42 Å². The van der Waals surface area contributed by atoms with E-state index >= 15 is 0 Å². The number of piperidine rings is 1. The van der Waals surface area contributed by atoms with Gasteiger partial charge in [0.1, 0.15) is 0 Å². The zero-order valence-corrected chi connectivity index (χ0v) is 13.7. The van der Waals surface area contributed by atoms with Gasteiger partial charge in [0.05, 0.1) is 10.7 Å². The normalized spacial score (nSPS) is 19.4. The predicted molar refractivity (Wildman–Crippen MR) is 86.4 cm³/mol. The molecule has 1 aromatic carbocycles. The summed E-state index contributed by atoms with van der Waals surface area (Å²) in [5, 5.41) is 10.6. The molecule has 0 radical (unpaired) electrons. The van der Waals surface area contributed by atoms with Gasteiger partial charge in [-0.05, 0) is 18.4 Å². The fourth-order valence-electron chi connectivity index (χ4n) is 2.58. The van der Waals surface area contributed by atoms with E-state index in [1.807, 2.05) is 0 Å². The molecule has 0 aliphatic carbocycles. The third kappa shape index (κ3) is 4.39. The largest absolute Gasteiger partial charge is 0.329 e. The van der Waals surface area contributed by atoms with Gasteiger partial charge in [0.25, 0.3) is 5.69 Å². The van der Waals surface area contributed by atoms with Gasteiger partial charge in [-0.2, -0.15) is 4.31 Å². The number of rotatable bonds is 5. The first-order chi connectivity index (χ1) is 9.94. The van der Waals surface area contributed by atoms with Crippen LogP contribution in [0.4, 0.5) is 5.69 Å². The minimum absolute atomic E-state index is 0. The number of sulfonamides is 1. The van der Waals surface area contributed by atoms with E-state index in [-0.39, 0.29) is 29.9 Å². The van der Waals surface area contributed by atoms with Gasteiger partial charge >= 0.3 is 0 Å². The molecule has 0 spiro atoms. The van der Waals surface area contributed by atoms with Crippen LogP contribution in [-0.4, -0.2) is 36.8 Å². The van der Waals surface area contributed by atoms with Crippen LogP contribution in [0.15, 0.2) is 24.3 Å². The molecule has 2 rings (SSSR count). The number of nitrogens with two attached hydrogens (primary N) is 1. The Morgan fingerprint density at radius 1 is 1.27 bits per heavy atom. The van der Waals surface area contributed by atoms with Crippen molar-refractivity contribution in [2.75, 3.05) is 13.1 Å². The van der Waals surface area contributed by atoms with Crippen molar-refractivity contribution in [1.82, 2.24) is 4.31 Å². The first-order valence-electron chi connectivity index (χ1n) is 6.87. The number of hydrogen-bond donors (Lipinski definition) is 1. The number of nitrogens with zero attached hydrogens (tertiary/aromatic N) is 2. The van der Waals surface area contributed by atoms with Crippen LogP contribution in [0.25, 0.3) is 0 Å². The fourth-order valence-corrected chi connectivity index (χ4v) is 4.42. The second kappa shape index (κ2) is 7.87. The Hall–Kier alpha value is -1.22. The molecule has 0 aromatic heterocycles. The van der Waals surface area contributed by atoms with E-state index < -0.39 is 14.9 Å². The molecule has 1 aliphatic heterocycles. The quantitative estimate of drug-likeness (QED) is 0.642. The zero-order chi connectivity index (χ0) is 15.5. The molecule has 0 bridgehead atoms. The number of nitro groups is 1. The molecule has 1 aliphatic rings. The summed E-state index contributed by atoms with van der Waals surface area (Å²) in [6.07, 6.45) is 2.62. The molecule has 124 valence electrons. The summed E-state index contributed by atoms with van der Waals surface area (Å²) in [5.41, 5.74) is 6.15. The minimum atomic E-state index is -3.45. The Labute approximate surface area is 136 Å². The zero-order valence-electron chi connectivity index (χ0n) is 12.1. The van der Waals surface area contributed by atoms with Crippen LogP contribution in [-0.2, 0) is 15.8 Å². The highest BCUT2D eigenvalue weighted by molar-refractivity contribution is 7.88. The van der Waals surface area contributed by atoms with Gasteiger partial charge in [-0.1, -0.05) is 18.6 Å². The first-order valence-corrected chi connectivity index (χ1v) is 8.48. The van der Waals surface area contributed by atoms with Crippen LogP contribution in [0.2, 0.25) is 0 Å². The summed E-state index contributed by atoms with van der Waals surface area (Å²) >= 11 is 0. The van der Waals surface area contributed by atoms with E-state index in [0.29, 0.717) is 18.7 Å². The molecular weight excluding hydrogens is 330 g/mol. The Morgan fingerprint density at radius 2 is 1.91 bits per heavy atom. The maximum atomic E-state index is 12.5. The third-order valence-corrected chi connectivity index (χ3v) is 5.59. The third-order valence-electron chi connectivity index (χ3n) is 3.70. The second-order valence-corrected chi connectivity index (χ2v) is 7.10. The number of halogens is 1. The summed E-state index contributed by atoms with van der Waals surface area (Å²) in [4.78, 5) is 10.1. The Morgan fingerprint density at radius 3 is 2.45 bits per heavy atom. The smallest absolute Gasteiger partial charge is 0.269 e. The second-order valence-electron chi connectivity index (χ2n) is 5.18. The van der Waals surface area contributed by atoms with Crippen LogP contribution >= 0.6 is 12.4 Å². The van der Waals surface area contributed by atoms with Crippen molar-refractivity contribution in [2.45, 2.75) is 31.1 Å². The van der Waals surface area contributed by atoms with E-state index in [1.165, 1.54) is 28.6 Å². The maximum Gasteiger partial charge on any atom is 0.269 e. The van der Waals surface area contributed by atoms with E-state index in [9.17, 15) is 18.5 Å². The molecule has 2 N–H and O–H groups in total. The summed E-state index contributed by atoms with van der Waals surface area (Å²) in [7, 11) is -3.45. The molecule has 1 atom stereocenters. The molecular formula is C13H20ClN3O4S. The lowest BCUT2D eigenvalue weighted by Crippen LogP contribution is -2.47. The molecule has 1 fully saturated rings. The topological polar surface area (TPSA) is 107 Å². The molecule has 0 amide bonds. The lowest BCUT2D eigenvalue weighted by Gasteiger charge is -2.33. The number of benzene rings is 1. The summed E-state index contributed by atoms with van der Waals surface area (Å²) in [6.45, 7) is 0.816. The van der Waals surface area contributed by atoms with E-state index in [2.05, 4.69) is 0 Å². The Bertz CT molecular complexity index is 606. The van der Waals surface area contributed by atoms with Gasteiger partial charge in [-0.15, -0.1) is 12.4 Å². The van der Waals surface area contributed by atoms with Crippen LogP contribution in [0, 0.1) is 10.1 Å². The summed E-state index contributed by atoms with van der Waals surface area (Å²) in [6, 6.07) is 5.47. The van der Waals surface area contributed by atoms with E-state index in [0.717, 1.165) is 19.3 Å². The molecule has 1 heterocycles. The highest BCUT2D eigenvalue weighted by Crippen LogP contribution is 2.23. The van der Waals surface area contributed by atoms with Crippen molar-refractivity contribution < 1.29 is 13.3 Å². The molecule has 7 nitrogen and oxygen atoms in total. The fraction of sp³-hybridized carbons (Fsp3) is 0.538. The first kappa shape index (κ1) is 18.8. The number of hydrogen-bond acceptors (Lipinski definition) is 5. The maximum absolute atomic E-state index is 12.5. The molecule has 22 heavy (non-hydrogen) atoms. The van der Waals surface area contributed by atoms with Gasteiger partial charge in [-0.3, -0.25) is 10.1 Å². The minimum Gasteiger partial charge on any atom is -0.329 e. The number of nitro benzene ring substituents is 1. The van der Waals surface area contributed by atoms with Gasteiger partial charge in [0, 0.05) is 31.3 Å². The van der Waals surface area contributed by atoms with Crippen molar-refractivity contribution >= 4 is 28.1 Å². The van der Waals surface area contributed by atoms with Crippen LogP contribution in [0.1, 0.15) is 24.8 Å². The van der Waals surface area contributed by atoms with Crippen molar-refractivity contribution in [3.63, 3.8) is 0 Å². The standard InChI is InChI=1S/C13H19N3O4S.ClH/c14-9-13-3-1-2-8-15(13)21(19,20)10-11-4-6-12(7-5-11)16(17)18;/h4-7,13H,1-3,8-10,14H2;1H. The van der Waals surface area contributed by atoms with Crippen molar-refractivity contribution in [2.24, 2.45) is 5.73 Å². The van der Waals surface area contributed by atoms with Gasteiger partial charge in [0.2, 0.25) is 10.0 Å². The summed E-state index contributed by atoms with van der Waals surface area (Å²) < 4.78 is 26.4. The van der Waals surface area contributed by atoms with Crippen LogP contribution in [0.3, 0.4) is 0 Å².